The molecule has 0 bridgehead atoms. The van der Waals surface area contributed by atoms with Crippen molar-refractivity contribution in [2.24, 2.45) is 10.7 Å². The number of thioether (sulfide) groups is 1. The van der Waals surface area contributed by atoms with Crippen LogP contribution in [0, 0.1) is 5.82 Å². The zero-order chi connectivity index (χ0) is 14.3. The maximum absolute atomic E-state index is 12.7. The van der Waals surface area contributed by atoms with Gasteiger partial charge in [0.25, 0.3) is 0 Å². The van der Waals surface area contributed by atoms with Crippen LogP contribution >= 0.6 is 11.8 Å². The second-order valence-electron chi connectivity index (χ2n) is 5.30. The summed E-state index contributed by atoms with van der Waals surface area (Å²) < 4.78 is 12.7. The average Bonchev–Trinajstić information content (AvgIpc) is 2.29. The van der Waals surface area contributed by atoms with Crippen molar-refractivity contribution in [3.05, 3.63) is 30.1 Å². The van der Waals surface area contributed by atoms with Gasteiger partial charge in [0.05, 0.1) is 0 Å². The number of nitrogens with two attached hydrogens (primary N) is 1. The van der Waals surface area contributed by atoms with Gasteiger partial charge in [0.2, 0.25) is 0 Å². The zero-order valence-corrected chi connectivity index (χ0v) is 12.6. The number of benzene rings is 1. The van der Waals surface area contributed by atoms with Gasteiger partial charge in [-0.25, -0.2) is 4.39 Å². The lowest BCUT2D eigenvalue weighted by molar-refractivity contribution is 0.508. The van der Waals surface area contributed by atoms with Gasteiger partial charge in [-0.2, -0.15) is 0 Å². The van der Waals surface area contributed by atoms with Crippen LogP contribution in [-0.2, 0) is 0 Å². The lowest BCUT2D eigenvalue weighted by Gasteiger charge is -2.20. The number of rotatable bonds is 5. The Morgan fingerprint density at radius 2 is 1.95 bits per heavy atom. The van der Waals surface area contributed by atoms with E-state index in [1.54, 1.807) is 23.9 Å². The fourth-order valence-electron chi connectivity index (χ4n) is 1.41. The number of guanidine groups is 1. The Hall–Kier alpha value is -1.23. The standard InChI is InChI=1S/C14H22FN3S/c1-14(2,3)18-13(16)17-9-4-10-19-12-7-5-11(15)6-8-12/h5-8H,4,9-10H2,1-3H3,(H3,16,17,18). The molecule has 0 unspecified atom stereocenters. The molecular weight excluding hydrogens is 261 g/mol. The largest absolute Gasteiger partial charge is 0.370 e. The second-order valence-corrected chi connectivity index (χ2v) is 6.47. The maximum atomic E-state index is 12.7. The average molecular weight is 283 g/mol. The number of halogens is 1. The van der Waals surface area contributed by atoms with Gasteiger partial charge in [0.15, 0.2) is 5.96 Å². The first-order valence-corrected chi connectivity index (χ1v) is 7.32. The SMILES string of the molecule is CC(C)(C)NC(N)=NCCCSc1ccc(F)cc1. The van der Waals surface area contributed by atoms with E-state index in [1.807, 2.05) is 20.8 Å². The van der Waals surface area contributed by atoms with E-state index in [0.29, 0.717) is 12.5 Å². The van der Waals surface area contributed by atoms with E-state index in [4.69, 9.17) is 5.73 Å². The number of aliphatic imine (C=N–C) groups is 1. The Kier molecular flexibility index (Phi) is 6.15. The van der Waals surface area contributed by atoms with E-state index in [1.165, 1.54) is 12.1 Å². The molecule has 0 saturated carbocycles. The number of nitrogens with one attached hydrogen (secondary N) is 1. The number of hydrogen-bond acceptors (Lipinski definition) is 2. The van der Waals surface area contributed by atoms with Crippen molar-refractivity contribution in [2.45, 2.75) is 37.6 Å². The molecule has 0 saturated heterocycles. The summed E-state index contributed by atoms with van der Waals surface area (Å²) in [6.07, 6.45) is 0.939. The summed E-state index contributed by atoms with van der Waals surface area (Å²) in [6.45, 7) is 6.82. The van der Waals surface area contributed by atoms with Crippen LogP contribution in [0.5, 0.6) is 0 Å². The van der Waals surface area contributed by atoms with Gasteiger partial charge < -0.3 is 11.1 Å². The number of nitrogens with zero attached hydrogens (tertiary/aromatic N) is 1. The second kappa shape index (κ2) is 7.38. The van der Waals surface area contributed by atoms with Crippen molar-refractivity contribution in [3.63, 3.8) is 0 Å². The molecule has 0 fully saturated rings. The van der Waals surface area contributed by atoms with Gasteiger partial charge >= 0.3 is 0 Å². The van der Waals surface area contributed by atoms with Crippen LogP contribution in [-0.4, -0.2) is 23.8 Å². The van der Waals surface area contributed by atoms with Gasteiger partial charge in [-0.15, -0.1) is 11.8 Å². The molecule has 0 heterocycles. The van der Waals surface area contributed by atoms with Crippen LogP contribution in [0.15, 0.2) is 34.2 Å². The monoisotopic (exact) mass is 283 g/mol. The van der Waals surface area contributed by atoms with E-state index >= 15 is 0 Å². The summed E-state index contributed by atoms with van der Waals surface area (Å²) in [7, 11) is 0. The van der Waals surface area contributed by atoms with E-state index in [-0.39, 0.29) is 11.4 Å². The topological polar surface area (TPSA) is 50.4 Å². The van der Waals surface area contributed by atoms with Crippen molar-refractivity contribution in [3.8, 4) is 0 Å². The predicted molar refractivity (Wildman–Crippen MR) is 81.1 cm³/mol. The van der Waals surface area contributed by atoms with E-state index in [9.17, 15) is 4.39 Å². The highest BCUT2D eigenvalue weighted by Crippen LogP contribution is 2.18. The molecule has 0 atom stereocenters. The Labute approximate surface area is 118 Å². The molecule has 0 aliphatic rings. The lowest BCUT2D eigenvalue weighted by atomic mass is 10.1. The summed E-state index contributed by atoms with van der Waals surface area (Å²) >= 11 is 1.70. The summed E-state index contributed by atoms with van der Waals surface area (Å²) in [5, 5.41) is 3.11. The van der Waals surface area contributed by atoms with Gasteiger partial charge in [0.1, 0.15) is 5.82 Å². The molecule has 5 heteroatoms. The molecule has 1 rings (SSSR count). The highest BCUT2D eigenvalue weighted by atomic mass is 32.2. The van der Waals surface area contributed by atoms with Crippen LogP contribution in [0.2, 0.25) is 0 Å². The zero-order valence-electron chi connectivity index (χ0n) is 11.7. The highest BCUT2D eigenvalue weighted by Gasteiger charge is 2.09. The third-order valence-corrected chi connectivity index (χ3v) is 3.27. The Balaban J connectivity index is 2.20. The third-order valence-electron chi connectivity index (χ3n) is 2.17. The van der Waals surface area contributed by atoms with Crippen LogP contribution in [0.3, 0.4) is 0 Å². The van der Waals surface area contributed by atoms with Gasteiger partial charge in [-0.1, -0.05) is 0 Å². The smallest absolute Gasteiger partial charge is 0.188 e. The Morgan fingerprint density at radius 3 is 2.53 bits per heavy atom. The summed E-state index contributed by atoms with van der Waals surface area (Å²) in [5.74, 6) is 1.23. The van der Waals surface area contributed by atoms with Crippen LogP contribution in [0.1, 0.15) is 27.2 Å². The van der Waals surface area contributed by atoms with E-state index in [0.717, 1.165) is 17.1 Å². The van der Waals surface area contributed by atoms with Gasteiger partial charge in [0, 0.05) is 17.0 Å². The summed E-state index contributed by atoms with van der Waals surface area (Å²) in [6, 6.07) is 6.54. The minimum absolute atomic E-state index is 0.0591. The normalized spacial score (nSPS) is 12.5. The minimum atomic E-state index is -0.199. The molecule has 0 aliphatic heterocycles. The maximum Gasteiger partial charge on any atom is 0.188 e. The lowest BCUT2D eigenvalue weighted by Crippen LogP contribution is -2.45. The molecular formula is C14H22FN3S. The Bertz CT molecular complexity index is 410. The molecule has 0 aromatic heterocycles. The van der Waals surface area contributed by atoms with Crippen molar-refractivity contribution < 1.29 is 4.39 Å². The highest BCUT2D eigenvalue weighted by molar-refractivity contribution is 7.99. The molecule has 106 valence electrons. The van der Waals surface area contributed by atoms with Crippen LogP contribution < -0.4 is 11.1 Å². The fourth-order valence-corrected chi connectivity index (χ4v) is 2.25. The minimum Gasteiger partial charge on any atom is -0.370 e. The number of hydrogen-bond donors (Lipinski definition) is 2. The molecule has 1 aromatic rings. The van der Waals surface area contributed by atoms with E-state index in [2.05, 4.69) is 10.3 Å². The third kappa shape index (κ3) is 7.72. The molecule has 3 N–H and O–H groups in total. The van der Waals surface area contributed by atoms with Crippen molar-refractivity contribution in [2.75, 3.05) is 12.3 Å². The first-order chi connectivity index (χ1) is 8.87. The molecule has 0 spiro atoms. The van der Waals surface area contributed by atoms with E-state index < -0.39 is 0 Å². The Morgan fingerprint density at radius 1 is 1.32 bits per heavy atom. The first-order valence-electron chi connectivity index (χ1n) is 6.33. The molecule has 0 radical (unpaired) electrons. The molecule has 1 aromatic carbocycles. The first kappa shape index (κ1) is 15.8. The molecule has 3 nitrogen and oxygen atoms in total. The molecule has 0 aliphatic carbocycles. The van der Waals surface area contributed by atoms with Crippen LogP contribution in [0.4, 0.5) is 4.39 Å². The fraction of sp³-hybridized carbons (Fsp3) is 0.500. The van der Waals surface area contributed by atoms with Crippen LogP contribution in [0.25, 0.3) is 0 Å². The molecule has 19 heavy (non-hydrogen) atoms. The summed E-state index contributed by atoms with van der Waals surface area (Å²) in [5.41, 5.74) is 5.70. The predicted octanol–water partition coefficient (Wildman–Crippen LogP) is 3.01. The van der Waals surface area contributed by atoms with Crippen molar-refractivity contribution in [1.29, 1.82) is 0 Å². The summed E-state index contributed by atoms with van der Waals surface area (Å²) in [4.78, 5) is 5.34. The van der Waals surface area contributed by atoms with Crippen molar-refractivity contribution >= 4 is 17.7 Å². The van der Waals surface area contributed by atoms with Gasteiger partial charge in [-0.3, -0.25) is 4.99 Å². The van der Waals surface area contributed by atoms with Gasteiger partial charge in [-0.05, 0) is 57.2 Å². The molecule has 0 amide bonds. The quantitative estimate of drug-likeness (QED) is 0.378. The van der Waals surface area contributed by atoms with Crippen molar-refractivity contribution in [1.82, 2.24) is 5.32 Å².